The Balaban J connectivity index is 2.10. The third-order valence-electron chi connectivity index (χ3n) is 3.59. The highest BCUT2D eigenvalue weighted by atomic mass is 32.2. The lowest BCUT2D eigenvalue weighted by molar-refractivity contribution is -0.112. The van der Waals surface area contributed by atoms with Gasteiger partial charge >= 0.3 is 5.51 Å². The van der Waals surface area contributed by atoms with Crippen LogP contribution < -0.4 is 5.32 Å². The third-order valence-corrected chi connectivity index (χ3v) is 4.32. The molecule has 5 nitrogen and oxygen atoms in total. The first-order valence-corrected chi connectivity index (χ1v) is 9.01. The predicted molar refractivity (Wildman–Crippen MR) is 105 cm³/mol. The van der Waals surface area contributed by atoms with E-state index in [0.717, 1.165) is 0 Å². The average molecular weight is 419 g/mol. The van der Waals surface area contributed by atoms with Crippen molar-refractivity contribution in [3.8, 4) is 6.07 Å². The number of hydrogen-bond acceptors (Lipinski definition) is 4. The number of anilines is 1. The summed E-state index contributed by atoms with van der Waals surface area (Å²) < 4.78 is 37.1. The van der Waals surface area contributed by atoms with Gasteiger partial charge in [-0.2, -0.15) is 18.4 Å². The van der Waals surface area contributed by atoms with Crippen molar-refractivity contribution < 1.29 is 22.8 Å². The second-order valence-electron chi connectivity index (χ2n) is 6.02. The Labute approximate surface area is 169 Å². The normalized spacial score (nSPS) is 11.5. The van der Waals surface area contributed by atoms with Crippen LogP contribution in [0.1, 0.15) is 15.9 Å². The number of thioether (sulfide) groups is 1. The zero-order valence-corrected chi connectivity index (χ0v) is 16.3. The molecule has 0 heterocycles. The van der Waals surface area contributed by atoms with Gasteiger partial charge < -0.3 is 10.2 Å². The minimum Gasteiger partial charge on any atom is -0.345 e. The van der Waals surface area contributed by atoms with E-state index < -0.39 is 11.4 Å². The molecule has 0 bridgehead atoms. The van der Waals surface area contributed by atoms with Crippen LogP contribution in [-0.4, -0.2) is 36.3 Å². The molecule has 9 heteroatoms. The molecule has 0 aliphatic carbocycles. The van der Waals surface area contributed by atoms with E-state index in [1.807, 2.05) is 0 Å². The third kappa shape index (κ3) is 6.69. The summed E-state index contributed by atoms with van der Waals surface area (Å²) in [6, 6.07) is 13.2. The quantitative estimate of drug-likeness (QED) is 0.439. The van der Waals surface area contributed by atoms with Crippen LogP contribution in [0.4, 0.5) is 18.9 Å². The molecule has 2 aromatic rings. The average Bonchev–Trinajstić information content (AvgIpc) is 2.66. The molecule has 0 aliphatic heterocycles. The van der Waals surface area contributed by atoms with Crippen LogP contribution in [0, 0.1) is 11.3 Å². The molecule has 1 N–H and O–H groups in total. The lowest BCUT2D eigenvalue weighted by Crippen LogP contribution is -2.21. The highest BCUT2D eigenvalue weighted by Crippen LogP contribution is 2.36. The zero-order valence-electron chi connectivity index (χ0n) is 15.4. The first-order valence-electron chi connectivity index (χ1n) is 8.20. The largest absolute Gasteiger partial charge is 0.446 e. The summed E-state index contributed by atoms with van der Waals surface area (Å²) in [5.74, 6) is -0.861. The predicted octanol–water partition coefficient (Wildman–Crippen LogP) is 4.55. The summed E-state index contributed by atoms with van der Waals surface area (Å²) in [5, 5.41) is 11.8. The fraction of sp³-hybridized carbons (Fsp3) is 0.150. The molecule has 0 unspecified atom stereocenters. The van der Waals surface area contributed by atoms with Gasteiger partial charge in [0, 0.05) is 30.2 Å². The fourth-order valence-electron chi connectivity index (χ4n) is 2.23. The van der Waals surface area contributed by atoms with Gasteiger partial charge in [-0.1, -0.05) is 12.1 Å². The molecule has 150 valence electrons. The SMILES string of the molecule is CN(C)C(=O)c1ccc(NC(=O)/C(C#N)=C/c2ccc(SC(F)(F)F)cc2)cc1. The Morgan fingerprint density at radius 3 is 2.14 bits per heavy atom. The smallest absolute Gasteiger partial charge is 0.345 e. The maximum atomic E-state index is 12.4. The standard InChI is InChI=1S/C20H16F3N3O2S/c1-26(2)19(28)14-5-7-16(8-6-14)25-18(27)15(12-24)11-13-3-9-17(10-4-13)29-20(21,22)23/h3-11H,1-2H3,(H,25,27)/b15-11+. The monoisotopic (exact) mass is 419 g/mol. The Hall–Kier alpha value is -3.25. The number of carbonyl (C=O) groups is 2. The molecular formula is C20H16F3N3O2S. The van der Waals surface area contributed by atoms with Gasteiger partial charge in [0.2, 0.25) is 0 Å². The molecule has 0 radical (unpaired) electrons. The van der Waals surface area contributed by atoms with Crippen molar-refractivity contribution in [1.29, 1.82) is 5.26 Å². The van der Waals surface area contributed by atoms with Gasteiger partial charge in [0.05, 0.1) is 0 Å². The van der Waals surface area contributed by atoms with Gasteiger partial charge in [-0.05, 0) is 59.8 Å². The van der Waals surface area contributed by atoms with Crippen molar-refractivity contribution in [2.45, 2.75) is 10.4 Å². The summed E-state index contributed by atoms with van der Waals surface area (Å²) in [6.07, 6.45) is 1.28. The first kappa shape index (κ1) is 22.0. The molecule has 0 aromatic heterocycles. The highest BCUT2D eigenvalue weighted by molar-refractivity contribution is 8.00. The Kier molecular flexibility index (Phi) is 7.07. The summed E-state index contributed by atoms with van der Waals surface area (Å²) >= 11 is -0.245. The van der Waals surface area contributed by atoms with E-state index in [1.54, 1.807) is 32.3 Å². The molecule has 2 aromatic carbocycles. The number of nitriles is 1. The number of rotatable bonds is 5. The van der Waals surface area contributed by atoms with Crippen LogP contribution in [-0.2, 0) is 4.79 Å². The van der Waals surface area contributed by atoms with Crippen molar-refractivity contribution in [3.63, 3.8) is 0 Å². The van der Waals surface area contributed by atoms with Gasteiger partial charge in [0.1, 0.15) is 11.6 Å². The van der Waals surface area contributed by atoms with Crippen molar-refractivity contribution in [1.82, 2.24) is 4.90 Å². The molecule has 29 heavy (non-hydrogen) atoms. The maximum absolute atomic E-state index is 12.4. The minimum absolute atomic E-state index is 0.00460. The van der Waals surface area contributed by atoms with Crippen LogP contribution in [0.15, 0.2) is 59.0 Å². The Morgan fingerprint density at radius 2 is 1.66 bits per heavy atom. The number of nitrogens with zero attached hydrogens (tertiary/aromatic N) is 2. The summed E-state index contributed by atoms with van der Waals surface area (Å²) in [6.45, 7) is 0. The molecule has 0 saturated heterocycles. The van der Waals surface area contributed by atoms with Crippen molar-refractivity contribution in [2.24, 2.45) is 0 Å². The number of alkyl halides is 3. The maximum Gasteiger partial charge on any atom is 0.446 e. The number of nitrogens with one attached hydrogen (secondary N) is 1. The van der Waals surface area contributed by atoms with E-state index >= 15 is 0 Å². The van der Waals surface area contributed by atoms with E-state index in [2.05, 4.69) is 5.32 Å². The second kappa shape index (κ2) is 9.30. The number of benzene rings is 2. The number of amides is 2. The molecule has 0 aliphatic rings. The highest BCUT2D eigenvalue weighted by Gasteiger charge is 2.29. The number of halogens is 3. The van der Waals surface area contributed by atoms with Crippen molar-refractivity contribution in [3.05, 3.63) is 65.2 Å². The Bertz CT molecular complexity index is 960. The van der Waals surface area contributed by atoms with Gasteiger partial charge in [-0.3, -0.25) is 9.59 Å². The van der Waals surface area contributed by atoms with E-state index in [0.29, 0.717) is 16.8 Å². The molecule has 0 spiro atoms. The molecular weight excluding hydrogens is 403 g/mol. The molecule has 0 fully saturated rings. The van der Waals surface area contributed by atoms with Crippen LogP contribution in [0.5, 0.6) is 0 Å². The summed E-state index contributed by atoms with van der Waals surface area (Å²) in [5.41, 5.74) is -3.35. The van der Waals surface area contributed by atoms with Gasteiger partial charge in [0.15, 0.2) is 0 Å². The fourth-order valence-corrected chi connectivity index (χ4v) is 2.77. The summed E-state index contributed by atoms with van der Waals surface area (Å²) in [4.78, 5) is 25.6. The van der Waals surface area contributed by atoms with Crippen molar-refractivity contribution in [2.75, 3.05) is 19.4 Å². The van der Waals surface area contributed by atoms with Crippen molar-refractivity contribution >= 4 is 35.3 Å². The first-order chi connectivity index (χ1) is 13.6. The van der Waals surface area contributed by atoms with E-state index in [4.69, 9.17) is 0 Å². The lowest BCUT2D eigenvalue weighted by atomic mass is 10.1. The summed E-state index contributed by atoms with van der Waals surface area (Å²) in [7, 11) is 3.24. The minimum atomic E-state index is -4.39. The second-order valence-corrected chi connectivity index (χ2v) is 7.16. The van der Waals surface area contributed by atoms with E-state index in [1.165, 1.54) is 47.4 Å². The van der Waals surface area contributed by atoms with Gasteiger partial charge in [-0.15, -0.1) is 0 Å². The zero-order chi connectivity index (χ0) is 21.6. The number of hydrogen-bond donors (Lipinski definition) is 1. The lowest BCUT2D eigenvalue weighted by Gasteiger charge is -2.11. The molecule has 0 atom stereocenters. The van der Waals surface area contributed by atoms with E-state index in [9.17, 15) is 28.0 Å². The number of carbonyl (C=O) groups excluding carboxylic acids is 2. The van der Waals surface area contributed by atoms with Crippen LogP contribution >= 0.6 is 11.8 Å². The van der Waals surface area contributed by atoms with Crippen LogP contribution in [0.2, 0.25) is 0 Å². The van der Waals surface area contributed by atoms with Gasteiger partial charge in [0.25, 0.3) is 11.8 Å². The van der Waals surface area contributed by atoms with Crippen LogP contribution in [0.25, 0.3) is 6.08 Å². The molecule has 2 amide bonds. The molecule has 0 saturated carbocycles. The van der Waals surface area contributed by atoms with Crippen LogP contribution in [0.3, 0.4) is 0 Å². The topological polar surface area (TPSA) is 73.2 Å². The Morgan fingerprint density at radius 1 is 1.07 bits per heavy atom. The van der Waals surface area contributed by atoms with E-state index in [-0.39, 0.29) is 28.1 Å². The van der Waals surface area contributed by atoms with Gasteiger partial charge in [-0.25, -0.2) is 0 Å². The molecule has 2 rings (SSSR count).